The maximum absolute atomic E-state index is 14.3. The first-order valence-electron chi connectivity index (χ1n) is 11.7. The predicted octanol–water partition coefficient (Wildman–Crippen LogP) is 2.87. The average Bonchev–Trinajstić information content (AvgIpc) is 3.44. The van der Waals surface area contributed by atoms with E-state index in [0.29, 0.717) is 40.6 Å². The first-order valence-corrected chi connectivity index (χ1v) is 11.7. The van der Waals surface area contributed by atoms with Crippen LogP contribution in [0, 0.1) is 18.7 Å². The second-order valence-corrected chi connectivity index (χ2v) is 10.1. The van der Waals surface area contributed by atoms with Crippen molar-refractivity contribution in [2.75, 3.05) is 37.4 Å². The summed E-state index contributed by atoms with van der Waals surface area (Å²) in [7, 11) is 1.47. The van der Waals surface area contributed by atoms with Crippen molar-refractivity contribution in [3.63, 3.8) is 0 Å². The van der Waals surface area contributed by atoms with Crippen LogP contribution in [-0.2, 0) is 5.54 Å². The van der Waals surface area contributed by atoms with Crippen molar-refractivity contribution in [3.8, 4) is 5.75 Å². The van der Waals surface area contributed by atoms with E-state index in [4.69, 9.17) is 15.5 Å². The van der Waals surface area contributed by atoms with Crippen molar-refractivity contribution in [1.82, 2.24) is 29.4 Å². The van der Waals surface area contributed by atoms with Gasteiger partial charge in [0.25, 0.3) is 0 Å². The molecule has 3 aromatic heterocycles. The molecule has 11 heteroatoms. The number of aromatic nitrogens is 6. The summed E-state index contributed by atoms with van der Waals surface area (Å²) in [6.07, 6.45) is 2.91. The van der Waals surface area contributed by atoms with E-state index in [-0.39, 0.29) is 18.5 Å². The minimum atomic E-state index is -0.491. The lowest BCUT2D eigenvalue weighted by molar-refractivity contribution is 0.152. The third-order valence-corrected chi connectivity index (χ3v) is 6.81. The molecule has 0 spiro atoms. The van der Waals surface area contributed by atoms with E-state index in [2.05, 4.69) is 27.0 Å². The molecule has 4 aromatic rings. The molecule has 1 aliphatic rings. The number of fused-ring (bicyclic) bond motifs is 3. The molecule has 0 bridgehead atoms. The fourth-order valence-electron chi connectivity index (χ4n) is 4.89. The number of hydrogen-bond donors (Lipinski definition) is 2. The summed E-state index contributed by atoms with van der Waals surface area (Å²) in [5.74, 6) is 1.10. The summed E-state index contributed by atoms with van der Waals surface area (Å²) < 4.78 is 22.9. The van der Waals surface area contributed by atoms with Crippen LogP contribution in [0.25, 0.3) is 16.6 Å². The maximum atomic E-state index is 14.3. The van der Waals surface area contributed by atoms with Gasteiger partial charge in [0, 0.05) is 31.3 Å². The highest BCUT2D eigenvalue weighted by molar-refractivity contribution is 5.95. The van der Waals surface area contributed by atoms with Crippen LogP contribution in [0.3, 0.4) is 0 Å². The fourth-order valence-corrected chi connectivity index (χ4v) is 4.89. The van der Waals surface area contributed by atoms with Crippen LogP contribution in [-0.4, -0.2) is 61.3 Å². The van der Waals surface area contributed by atoms with E-state index < -0.39 is 11.4 Å². The number of piperidine rings is 1. The predicted molar refractivity (Wildman–Crippen MR) is 131 cm³/mol. The monoisotopic (exact) mass is 482 g/mol. The Hall–Kier alpha value is -3.47. The topological polar surface area (TPSA) is 120 Å². The normalized spacial score (nSPS) is 19.1. The number of rotatable bonds is 5. The molecule has 0 radical (unpaired) electrons. The summed E-state index contributed by atoms with van der Waals surface area (Å²) in [4.78, 5) is 11.5. The highest BCUT2D eigenvalue weighted by Gasteiger charge is 2.32. The van der Waals surface area contributed by atoms with Gasteiger partial charge in [0.05, 0.1) is 36.0 Å². The molecule has 2 unspecified atom stereocenters. The van der Waals surface area contributed by atoms with Crippen LogP contribution in [0.4, 0.5) is 16.0 Å². The highest BCUT2D eigenvalue weighted by Crippen LogP contribution is 2.35. The Morgan fingerprint density at radius 3 is 2.71 bits per heavy atom. The maximum Gasteiger partial charge on any atom is 0.223 e. The van der Waals surface area contributed by atoms with Crippen LogP contribution in [0.5, 0.6) is 5.75 Å². The first kappa shape index (κ1) is 23.3. The average molecular weight is 483 g/mol. The molecular formula is C24H31FN8O2. The first-order chi connectivity index (χ1) is 16.6. The van der Waals surface area contributed by atoms with Crippen LogP contribution in [0.2, 0.25) is 0 Å². The summed E-state index contributed by atoms with van der Waals surface area (Å²) >= 11 is 0. The zero-order valence-corrected chi connectivity index (χ0v) is 20.7. The number of benzene rings is 1. The molecule has 0 amide bonds. The summed E-state index contributed by atoms with van der Waals surface area (Å²) in [5, 5.41) is 19.6. The lowest BCUT2D eigenvalue weighted by Crippen LogP contribution is -2.39. The molecule has 0 saturated carbocycles. The van der Waals surface area contributed by atoms with Crippen LogP contribution in [0.1, 0.15) is 44.6 Å². The molecule has 10 nitrogen and oxygen atoms in total. The standard InChI is InChI=1S/C24H31FN8O2/c1-13-6-15(10-31(9-13)18-11-32(29-14(18)2)24(3,4)12-34)21-28-22-17-7-16(25)8-19(35-5)20(17)27-23(26)33(22)30-21/h7-8,11,13,15,34H,6,9-10,12H2,1-5H3,(H2,26,27). The number of aliphatic hydroxyl groups excluding tert-OH is 1. The molecule has 1 aliphatic heterocycles. The molecule has 4 heterocycles. The van der Waals surface area contributed by atoms with Gasteiger partial charge in [-0.15, -0.1) is 5.10 Å². The smallest absolute Gasteiger partial charge is 0.223 e. The third kappa shape index (κ3) is 3.93. The van der Waals surface area contributed by atoms with Gasteiger partial charge >= 0.3 is 0 Å². The SMILES string of the molecule is COc1cc(F)cc2c1nc(N)n1nc(C3CC(C)CN(c4cn(C(C)(C)CO)nc4C)C3)nc21. The molecule has 0 aliphatic carbocycles. The van der Waals surface area contributed by atoms with Crippen molar-refractivity contribution in [2.45, 2.75) is 45.6 Å². The van der Waals surface area contributed by atoms with E-state index in [9.17, 15) is 9.50 Å². The minimum Gasteiger partial charge on any atom is -0.494 e. The van der Waals surface area contributed by atoms with Gasteiger partial charge in [0.15, 0.2) is 11.5 Å². The zero-order valence-electron chi connectivity index (χ0n) is 20.7. The molecule has 35 heavy (non-hydrogen) atoms. The summed E-state index contributed by atoms with van der Waals surface area (Å²) in [6.45, 7) is 9.67. The Labute approximate surface area is 202 Å². The number of hydrogen-bond acceptors (Lipinski definition) is 8. The molecule has 2 atom stereocenters. The number of ether oxygens (including phenoxy) is 1. The number of aliphatic hydroxyl groups is 1. The molecule has 3 N–H and O–H groups in total. The van der Waals surface area contributed by atoms with E-state index >= 15 is 0 Å². The molecule has 5 rings (SSSR count). The molecular weight excluding hydrogens is 451 g/mol. The van der Waals surface area contributed by atoms with Gasteiger partial charge in [-0.25, -0.2) is 14.4 Å². The number of anilines is 2. The van der Waals surface area contributed by atoms with Crippen molar-refractivity contribution in [1.29, 1.82) is 0 Å². The van der Waals surface area contributed by atoms with E-state index in [1.54, 1.807) is 0 Å². The number of nitrogen functional groups attached to an aromatic ring is 1. The van der Waals surface area contributed by atoms with E-state index in [0.717, 1.165) is 24.3 Å². The second kappa shape index (κ2) is 8.33. The van der Waals surface area contributed by atoms with Gasteiger partial charge in [0.2, 0.25) is 5.95 Å². The molecule has 1 aromatic carbocycles. The lowest BCUT2D eigenvalue weighted by atomic mass is 9.89. The van der Waals surface area contributed by atoms with Gasteiger partial charge in [0.1, 0.15) is 17.1 Å². The Morgan fingerprint density at radius 2 is 2.00 bits per heavy atom. The zero-order chi connectivity index (χ0) is 25.1. The number of nitrogens with two attached hydrogens (primary N) is 1. The van der Waals surface area contributed by atoms with Crippen molar-refractivity contribution in [2.24, 2.45) is 5.92 Å². The van der Waals surface area contributed by atoms with Gasteiger partial charge in [-0.1, -0.05) is 6.92 Å². The largest absolute Gasteiger partial charge is 0.494 e. The number of aryl methyl sites for hydroxylation is 1. The lowest BCUT2D eigenvalue weighted by Gasteiger charge is -2.36. The molecule has 1 saturated heterocycles. The van der Waals surface area contributed by atoms with E-state index in [1.807, 2.05) is 31.6 Å². The van der Waals surface area contributed by atoms with Gasteiger partial charge in [-0.3, -0.25) is 4.68 Å². The van der Waals surface area contributed by atoms with Gasteiger partial charge < -0.3 is 20.5 Å². The number of halogens is 1. The van der Waals surface area contributed by atoms with Crippen molar-refractivity contribution >= 4 is 28.2 Å². The van der Waals surface area contributed by atoms with Crippen molar-refractivity contribution in [3.05, 3.63) is 35.7 Å². The minimum absolute atomic E-state index is 0.00739. The van der Waals surface area contributed by atoms with Crippen LogP contribution < -0.4 is 15.4 Å². The Kier molecular flexibility index (Phi) is 5.54. The quantitative estimate of drug-likeness (QED) is 0.446. The Bertz CT molecular complexity index is 1410. The summed E-state index contributed by atoms with van der Waals surface area (Å²) in [6, 6.07) is 2.67. The van der Waals surface area contributed by atoms with Crippen LogP contribution >= 0.6 is 0 Å². The number of methoxy groups -OCH3 is 1. The number of nitrogens with zero attached hydrogens (tertiary/aromatic N) is 7. The fraction of sp³-hybridized carbons (Fsp3) is 0.500. The van der Waals surface area contributed by atoms with Crippen molar-refractivity contribution < 1.29 is 14.2 Å². The molecule has 186 valence electrons. The Balaban J connectivity index is 1.54. The van der Waals surface area contributed by atoms with Gasteiger partial charge in [-0.2, -0.15) is 9.61 Å². The van der Waals surface area contributed by atoms with E-state index in [1.165, 1.54) is 23.8 Å². The summed E-state index contributed by atoms with van der Waals surface area (Å²) in [5.41, 5.74) is 8.56. The highest BCUT2D eigenvalue weighted by atomic mass is 19.1. The molecule has 1 fully saturated rings. The second-order valence-electron chi connectivity index (χ2n) is 10.1. The third-order valence-electron chi connectivity index (χ3n) is 6.81. The Morgan fingerprint density at radius 1 is 1.23 bits per heavy atom. The van der Waals surface area contributed by atoms with Crippen LogP contribution in [0.15, 0.2) is 18.3 Å². The van der Waals surface area contributed by atoms with Gasteiger partial charge in [-0.05, 0) is 39.2 Å².